The van der Waals surface area contributed by atoms with Crippen LogP contribution in [-0.4, -0.2) is 20.9 Å². The number of aromatic nitrogens is 3. The summed E-state index contributed by atoms with van der Waals surface area (Å²) in [7, 11) is 0. The van der Waals surface area contributed by atoms with Crippen molar-refractivity contribution in [1.29, 1.82) is 0 Å². The number of carbonyl (C=O) groups is 1. The quantitative estimate of drug-likeness (QED) is 0.726. The molecule has 0 radical (unpaired) electrons. The van der Waals surface area contributed by atoms with Gasteiger partial charge in [0.25, 0.3) is 11.5 Å². The minimum absolute atomic E-state index is 0.0364. The number of H-pyrrole nitrogens is 2. The molecule has 2 aromatic heterocycles. The first-order valence-corrected chi connectivity index (χ1v) is 6.14. The summed E-state index contributed by atoms with van der Waals surface area (Å²) >= 11 is 0. The molecule has 2 rings (SSSR count). The van der Waals surface area contributed by atoms with Gasteiger partial charge in [-0.2, -0.15) is 0 Å². The molecule has 0 saturated carbocycles. The van der Waals surface area contributed by atoms with Gasteiger partial charge < -0.3 is 10.3 Å². The second-order valence-corrected chi connectivity index (χ2v) is 4.17. The number of nitrogens with one attached hydrogen (secondary N) is 3. The molecular weight excluding hydrogens is 260 g/mol. The van der Waals surface area contributed by atoms with Crippen molar-refractivity contribution in [2.24, 2.45) is 0 Å². The largest absolute Gasteiger partial charge is 0.348 e. The van der Waals surface area contributed by atoms with E-state index in [4.69, 9.17) is 0 Å². The smallest absolute Gasteiger partial charge is 0.325 e. The molecular formula is C13H14N4O3. The van der Waals surface area contributed by atoms with E-state index in [0.717, 1.165) is 12.1 Å². The van der Waals surface area contributed by atoms with Gasteiger partial charge in [0.2, 0.25) is 0 Å². The number of amides is 1. The maximum Gasteiger partial charge on any atom is 0.325 e. The van der Waals surface area contributed by atoms with Crippen LogP contribution in [0, 0.1) is 0 Å². The third-order valence-corrected chi connectivity index (χ3v) is 2.78. The van der Waals surface area contributed by atoms with Crippen LogP contribution in [0.15, 0.2) is 34.1 Å². The Labute approximate surface area is 114 Å². The Hall–Kier alpha value is -2.70. The fourth-order valence-corrected chi connectivity index (χ4v) is 1.66. The van der Waals surface area contributed by atoms with Crippen LogP contribution in [0.3, 0.4) is 0 Å². The first-order chi connectivity index (χ1) is 9.60. The van der Waals surface area contributed by atoms with E-state index in [9.17, 15) is 14.4 Å². The molecule has 0 atom stereocenters. The van der Waals surface area contributed by atoms with Gasteiger partial charge in [0.1, 0.15) is 0 Å². The van der Waals surface area contributed by atoms with Gasteiger partial charge in [-0.05, 0) is 18.6 Å². The minimum Gasteiger partial charge on any atom is -0.348 e. The summed E-state index contributed by atoms with van der Waals surface area (Å²) < 4.78 is 0. The zero-order valence-corrected chi connectivity index (χ0v) is 10.9. The molecule has 0 fully saturated rings. The van der Waals surface area contributed by atoms with E-state index in [2.05, 4.69) is 20.3 Å². The van der Waals surface area contributed by atoms with Gasteiger partial charge >= 0.3 is 5.69 Å². The average molecular weight is 274 g/mol. The second-order valence-electron chi connectivity index (χ2n) is 4.17. The predicted octanol–water partition coefficient (Wildman–Crippen LogP) is -0.0494. The third kappa shape index (κ3) is 3.19. The Morgan fingerprint density at radius 1 is 1.40 bits per heavy atom. The summed E-state index contributed by atoms with van der Waals surface area (Å²) in [5.41, 5.74) is 0.491. The van der Waals surface area contributed by atoms with Crippen LogP contribution in [0.5, 0.6) is 0 Å². The molecule has 2 aromatic rings. The van der Waals surface area contributed by atoms with E-state index < -0.39 is 11.2 Å². The molecule has 2 heterocycles. The minimum atomic E-state index is -0.577. The molecule has 0 spiro atoms. The van der Waals surface area contributed by atoms with Crippen LogP contribution in [0.2, 0.25) is 0 Å². The molecule has 0 unspecified atom stereocenters. The van der Waals surface area contributed by atoms with Gasteiger partial charge in [-0.15, -0.1) is 0 Å². The fraction of sp³-hybridized carbons (Fsp3) is 0.231. The lowest BCUT2D eigenvalue weighted by Gasteiger charge is -2.05. The van der Waals surface area contributed by atoms with Crippen molar-refractivity contribution in [3.8, 4) is 0 Å². The van der Waals surface area contributed by atoms with Crippen LogP contribution in [0.4, 0.5) is 0 Å². The van der Waals surface area contributed by atoms with Crippen LogP contribution < -0.4 is 16.6 Å². The van der Waals surface area contributed by atoms with E-state index in [0.29, 0.717) is 5.56 Å². The summed E-state index contributed by atoms with van der Waals surface area (Å²) in [5.74, 6) is -0.298. The molecule has 0 aliphatic heterocycles. The van der Waals surface area contributed by atoms with Crippen LogP contribution >= 0.6 is 0 Å². The summed E-state index contributed by atoms with van der Waals surface area (Å²) in [6, 6.07) is 3.30. The molecule has 0 bridgehead atoms. The predicted molar refractivity (Wildman–Crippen MR) is 72.5 cm³/mol. The Kier molecular flexibility index (Phi) is 4.09. The Morgan fingerprint density at radius 2 is 2.20 bits per heavy atom. The van der Waals surface area contributed by atoms with E-state index in [1.165, 1.54) is 6.20 Å². The first kappa shape index (κ1) is 13.7. The van der Waals surface area contributed by atoms with Gasteiger partial charge in [0, 0.05) is 30.2 Å². The first-order valence-electron chi connectivity index (χ1n) is 6.14. The molecule has 104 valence electrons. The van der Waals surface area contributed by atoms with Crippen molar-refractivity contribution in [3.05, 3.63) is 62.2 Å². The van der Waals surface area contributed by atoms with Crippen molar-refractivity contribution in [1.82, 2.24) is 20.3 Å². The number of hydrogen-bond acceptors (Lipinski definition) is 4. The van der Waals surface area contributed by atoms with Gasteiger partial charge in [-0.1, -0.05) is 6.92 Å². The van der Waals surface area contributed by atoms with E-state index in [-0.39, 0.29) is 18.0 Å². The molecule has 1 amide bonds. The molecule has 0 saturated heterocycles. The SMILES string of the molecule is CCc1cc(C(=O)NCc2c[nH]c(=O)[nH]c2=O)ccn1. The van der Waals surface area contributed by atoms with Crippen LogP contribution in [0.1, 0.15) is 28.5 Å². The number of aromatic amines is 2. The standard InChI is InChI=1S/C13H14N4O3/c1-2-10-5-8(3-4-14-10)11(18)15-6-9-7-16-13(20)17-12(9)19/h3-5,7H,2,6H2,1H3,(H,15,18)(H2,16,17,19,20). The van der Waals surface area contributed by atoms with Crippen molar-refractivity contribution >= 4 is 5.91 Å². The lowest BCUT2D eigenvalue weighted by atomic mass is 10.2. The highest BCUT2D eigenvalue weighted by molar-refractivity contribution is 5.94. The summed E-state index contributed by atoms with van der Waals surface area (Å²) in [5, 5.41) is 2.62. The summed E-state index contributed by atoms with van der Waals surface area (Å²) in [6.45, 7) is 1.98. The molecule has 3 N–H and O–H groups in total. The van der Waals surface area contributed by atoms with E-state index in [1.807, 2.05) is 6.92 Å². The number of rotatable bonds is 4. The fourth-order valence-electron chi connectivity index (χ4n) is 1.66. The number of pyridine rings is 1. The molecule has 0 aromatic carbocycles. The summed E-state index contributed by atoms with van der Waals surface area (Å²) in [4.78, 5) is 42.8. The second kappa shape index (κ2) is 5.96. The lowest BCUT2D eigenvalue weighted by Crippen LogP contribution is -2.30. The number of hydrogen-bond donors (Lipinski definition) is 3. The van der Waals surface area contributed by atoms with Crippen LogP contribution in [0.25, 0.3) is 0 Å². The number of nitrogens with zero attached hydrogens (tertiary/aromatic N) is 1. The molecule has 0 aliphatic rings. The Bertz CT molecular complexity index is 733. The zero-order chi connectivity index (χ0) is 14.5. The molecule has 0 aliphatic carbocycles. The number of carbonyl (C=O) groups excluding carboxylic acids is 1. The third-order valence-electron chi connectivity index (χ3n) is 2.78. The lowest BCUT2D eigenvalue weighted by molar-refractivity contribution is 0.0950. The van der Waals surface area contributed by atoms with Gasteiger partial charge in [-0.25, -0.2) is 4.79 Å². The van der Waals surface area contributed by atoms with E-state index in [1.54, 1.807) is 18.3 Å². The van der Waals surface area contributed by atoms with Crippen molar-refractivity contribution in [2.45, 2.75) is 19.9 Å². The Morgan fingerprint density at radius 3 is 2.90 bits per heavy atom. The molecule has 7 heteroatoms. The highest BCUT2D eigenvalue weighted by Crippen LogP contribution is 2.02. The van der Waals surface area contributed by atoms with Crippen molar-refractivity contribution < 1.29 is 4.79 Å². The van der Waals surface area contributed by atoms with Gasteiger partial charge in [0.05, 0.1) is 5.56 Å². The topological polar surface area (TPSA) is 108 Å². The average Bonchev–Trinajstić information content (AvgIpc) is 2.46. The van der Waals surface area contributed by atoms with E-state index >= 15 is 0 Å². The maximum absolute atomic E-state index is 11.9. The molecule has 20 heavy (non-hydrogen) atoms. The maximum atomic E-state index is 11.9. The van der Waals surface area contributed by atoms with Gasteiger partial charge in [0.15, 0.2) is 0 Å². The highest BCUT2D eigenvalue weighted by atomic mass is 16.2. The normalized spacial score (nSPS) is 10.2. The number of aryl methyl sites for hydroxylation is 1. The Balaban J connectivity index is 2.08. The van der Waals surface area contributed by atoms with Crippen molar-refractivity contribution in [2.75, 3.05) is 0 Å². The van der Waals surface area contributed by atoms with Gasteiger partial charge in [-0.3, -0.25) is 19.6 Å². The summed E-state index contributed by atoms with van der Waals surface area (Å²) in [6.07, 6.45) is 3.59. The monoisotopic (exact) mass is 274 g/mol. The van der Waals surface area contributed by atoms with Crippen LogP contribution in [-0.2, 0) is 13.0 Å². The van der Waals surface area contributed by atoms with Crippen molar-refractivity contribution in [3.63, 3.8) is 0 Å². The zero-order valence-electron chi connectivity index (χ0n) is 10.9. The molecule has 7 nitrogen and oxygen atoms in total. The highest BCUT2D eigenvalue weighted by Gasteiger charge is 2.07.